The lowest BCUT2D eigenvalue weighted by atomic mass is 9.82. The Labute approximate surface area is 250 Å². The highest BCUT2D eigenvalue weighted by Crippen LogP contribution is 2.45. The topological polar surface area (TPSA) is 51.7 Å². The summed E-state index contributed by atoms with van der Waals surface area (Å²) in [5, 5.41) is 0. The molecule has 1 aromatic heterocycles. The van der Waals surface area contributed by atoms with E-state index >= 15 is 0 Å². The molecule has 2 atom stereocenters. The minimum absolute atomic E-state index is 0.0631. The third-order valence-corrected chi connectivity index (χ3v) is 7.90. The standard InChI is InChI=1S/C28H29BrF6N2O3.C2H6/c1-15-24(16-8-18(27(30,31)32)10-19(9-16)28(33,34)35)40-25(38)37(15)14-17-12-26(2,3)7-5-6-20(17)21-11-23(29)36-13-22(21)39-4;1-2/h8-11,13,15,24H,5-7,12,14H2,1-4H3;1-2H3. The Morgan fingerprint density at radius 3 is 2.21 bits per heavy atom. The van der Waals surface area contributed by atoms with Crippen LogP contribution in [0, 0.1) is 5.41 Å². The molecule has 1 fully saturated rings. The molecule has 2 aromatic rings. The van der Waals surface area contributed by atoms with Crippen LogP contribution >= 0.6 is 15.9 Å². The van der Waals surface area contributed by atoms with Crippen molar-refractivity contribution in [2.75, 3.05) is 13.7 Å². The van der Waals surface area contributed by atoms with Gasteiger partial charge in [-0.1, -0.05) is 27.7 Å². The zero-order valence-corrected chi connectivity index (χ0v) is 25.9. The van der Waals surface area contributed by atoms with Crippen molar-refractivity contribution < 1.29 is 40.6 Å². The van der Waals surface area contributed by atoms with Crippen LogP contribution in [-0.4, -0.2) is 35.7 Å². The van der Waals surface area contributed by atoms with Crippen LogP contribution in [-0.2, 0) is 17.1 Å². The molecule has 2 aliphatic rings. The molecule has 1 aliphatic heterocycles. The monoisotopic (exact) mass is 664 g/mol. The SMILES string of the molecule is CC.COc1cnc(Br)cc1C1=C(CN2C(=O)OC(c3cc(C(F)(F)F)cc(C(F)(F)F)c3)C2C)CC(C)(C)CCC1. The number of benzene rings is 1. The minimum Gasteiger partial charge on any atom is -0.495 e. The van der Waals surface area contributed by atoms with Crippen molar-refractivity contribution in [3.05, 3.63) is 62.9 Å². The summed E-state index contributed by atoms with van der Waals surface area (Å²) < 4.78 is 92.4. The van der Waals surface area contributed by atoms with Gasteiger partial charge >= 0.3 is 18.4 Å². The first-order valence-corrected chi connectivity index (χ1v) is 14.5. The summed E-state index contributed by atoms with van der Waals surface area (Å²) in [6.07, 6.45) is -7.44. The highest BCUT2D eigenvalue weighted by Gasteiger charge is 2.44. The molecule has 2 unspecified atom stereocenters. The van der Waals surface area contributed by atoms with Gasteiger partial charge in [-0.05, 0) is 94.9 Å². The second-order valence-corrected chi connectivity index (χ2v) is 11.8. The van der Waals surface area contributed by atoms with Crippen LogP contribution < -0.4 is 4.74 Å². The Morgan fingerprint density at radius 2 is 1.67 bits per heavy atom. The molecule has 4 rings (SSSR count). The molecule has 0 spiro atoms. The lowest BCUT2D eigenvalue weighted by Gasteiger charge is -2.28. The van der Waals surface area contributed by atoms with Crippen LogP contribution in [0.5, 0.6) is 5.75 Å². The molecule has 1 aromatic carbocycles. The molecule has 0 N–H and O–H groups in total. The first kappa shape index (κ1) is 33.7. The van der Waals surface area contributed by atoms with Gasteiger partial charge in [0.05, 0.1) is 30.5 Å². The summed E-state index contributed by atoms with van der Waals surface area (Å²) >= 11 is 3.40. The lowest BCUT2D eigenvalue weighted by Crippen LogP contribution is -2.34. The van der Waals surface area contributed by atoms with E-state index in [1.165, 1.54) is 12.0 Å². The van der Waals surface area contributed by atoms with Crippen LogP contribution in [0.2, 0.25) is 0 Å². The van der Waals surface area contributed by atoms with E-state index in [9.17, 15) is 31.1 Å². The van der Waals surface area contributed by atoms with E-state index in [1.54, 1.807) is 13.1 Å². The van der Waals surface area contributed by atoms with Gasteiger partial charge < -0.3 is 9.47 Å². The molecule has 1 saturated heterocycles. The van der Waals surface area contributed by atoms with Crippen molar-refractivity contribution in [1.82, 2.24) is 9.88 Å². The minimum atomic E-state index is -5.01. The second-order valence-electron chi connectivity index (χ2n) is 11.0. The van der Waals surface area contributed by atoms with Gasteiger partial charge in [-0.15, -0.1) is 0 Å². The number of rotatable bonds is 5. The van der Waals surface area contributed by atoms with Gasteiger partial charge in [0.15, 0.2) is 0 Å². The van der Waals surface area contributed by atoms with Crippen molar-refractivity contribution in [1.29, 1.82) is 0 Å². The molecule has 12 heteroatoms. The highest BCUT2D eigenvalue weighted by molar-refractivity contribution is 9.10. The number of alkyl halides is 6. The van der Waals surface area contributed by atoms with Crippen LogP contribution in [0.4, 0.5) is 31.1 Å². The van der Waals surface area contributed by atoms with E-state index < -0.39 is 41.7 Å². The third-order valence-electron chi connectivity index (χ3n) is 7.47. The van der Waals surface area contributed by atoms with Gasteiger partial charge in [0.1, 0.15) is 16.5 Å². The number of methoxy groups -OCH3 is 1. The molecule has 1 amide bonds. The number of hydrogen-bond acceptors (Lipinski definition) is 4. The highest BCUT2D eigenvalue weighted by atomic mass is 79.9. The van der Waals surface area contributed by atoms with E-state index in [0.717, 1.165) is 29.6 Å². The molecule has 5 nitrogen and oxygen atoms in total. The average Bonchev–Trinajstić information content (AvgIpc) is 3.08. The van der Waals surface area contributed by atoms with Crippen molar-refractivity contribution in [2.45, 2.75) is 84.8 Å². The summed E-state index contributed by atoms with van der Waals surface area (Å²) in [5.74, 6) is 0.550. The number of carbonyl (C=O) groups is 1. The average molecular weight is 666 g/mol. The zero-order chi connectivity index (χ0) is 31.6. The van der Waals surface area contributed by atoms with Crippen molar-refractivity contribution in [3.63, 3.8) is 0 Å². The Balaban J connectivity index is 0.00000237. The van der Waals surface area contributed by atoms with Crippen LogP contribution in [0.1, 0.15) is 88.7 Å². The maximum atomic E-state index is 13.5. The molecule has 0 radical (unpaired) electrons. The van der Waals surface area contributed by atoms with Gasteiger partial charge in [-0.25, -0.2) is 9.78 Å². The number of pyridine rings is 1. The number of cyclic esters (lactones) is 1. The molecular formula is C30H35BrF6N2O3. The Kier molecular flexibility index (Phi) is 10.3. The number of nitrogens with zero attached hydrogens (tertiary/aromatic N) is 2. The summed E-state index contributed by atoms with van der Waals surface area (Å²) in [6.45, 7) is 9.90. The Hall–Kier alpha value is -2.76. The van der Waals surface area contributed by atoms with Crippen molar-refractivity contribution in [2.24, 2.45) is 5.41 Å². The van der Waals surface area contributed by atoms with E-state index in [2.05, 4.69) is 34.8 Å². The Morgan fingerprint density at radius 1 is 1.07 bits per heavy atom. The Bertz CT molecular complexity index is 1290. The molecule has 0 saturated carbocycles. The quantitative estimate of drug-likeness (QED) is 0.236. The first-order chi connectivity index (χ1) is 19.5. The number of amides is 1. The van der Waals surface area contributed by atoms with Crippen molar-refractivity contribution in [3.8, 4) is 5.75 Å². The predicted molar refractivity (Wildman–Crippen MR) is 151 cm³/mol. The van der Waals surface area contributed by atoms with Gasteiger partial charge in [0, 0.05) is 12.1 Å². The number of halogens is 7. The fraction of sp³-hybridized carbons (Fsp3) is 0.533. The van der Waals surface area contributed by atoms with Crippen molar-refractivity contribution >= 4 is 27.6 Å². The maximum absolute atomic E-state index is 13.5. The summed E-state index contributed by atoms with van der Waals surface area (Å²) in [6, 6.07) is 2.30. The first-order valence-electron chi connectivity index (χ1n) is 13.7. The number of aromatic nitrogens is 1. The van der Waals surface area contributed by atoms with Crippen LogP contribution in [0.25, 0.3) is 5.57 Å². The van der Waals surface area contributed by atoms with E-state index in [4.69, 9.17) is 9.47 Å². The molecule has 232 valence electrons. The summed E-state index contributed by atoms with van der Waals surface area (Å²) in [5.41, 5.74) is -0.684. The summed E-state index contributed by atoms with van der Waals surface area (Å²) in [7, 11) is 1.53. The predicted octanol–water partition coefficient (Wildman–Crippen LogP) is 9.85. The number of allylic oxidation sites excluding steroid dienone is 1. The van der Waals surface area contributed by atoms with E-state index in [1.807, 2.05) is 19.9 Å². The summed E-state index contributed by atoms with van der Waals surface area (Å²) in [4.78, 5) is 18.7. The molecular weight excluding hydrogens is 630 g/mol. The van der Waals surface area contributed by atoms with Gasteiger partial charge in [0.25, 0.3) is 0 Å². The maximum Gasteiger partial charge on any atom is 0.416 e. The number of hydrogen-bond donors (Lipinski definition) is 0. The van der Waals surface area contributed by atoms with E-state index in [-0.39, 0.29) is 23.6 Å². The third kappa shape index (κ3) is 7.60. The van der Waals surface area contributed by atoms with Gasteiger partial charge in [-0.3, -0.25) is 4.90 Å². The lowest BCUT2D eigenvalue weighted by molar-refractivity contribution is -0.143. The number of ether oxygens (including phenoxy) is 2. The van der Waals surface area contributed by atoms with E-state index in [0.29, 0.717) is 35.3 Å². The fourth-order valence-corrected chi connectivity index (χ4v) is 5.83. The molecule has 1 aliphatic carbocycles. The molecule has 0 bridgehead atoms. The zero-order valence-electron chi connectivity index (χ0n) is 24.3. The van der Waals surface area contributed by atoms with Gasteiger partial charge in [-0.2, -0.15) is 26.3 Å². The molecule has 42 heavy (non-hydrogen) atoms. The normalized spacial score (nSPS) is 21.0. The smallest absolute Gasteiger partial charge is 0.416 e. The molecule has 2 heterocycles. The number of carbonyl (C=O) groups excluding carboxylic acids is 1. The van der Waals surface area contributed by atoms with Gasteiger partial charge in [0.2, 0.25) is 0 Å². The van der Waals surface area contributed by atoms with Crippen LogP contribution in [0.15, 0.2) is 40.6 Å². The largest absolute Gasteiger partial charge is 0.495 e. The second kappa shape index (κ2) is 12.9. The fourth-order valence-electron chi connectivity index (χ4n) is 5.49. The van der Waals surface area contributed by atoms with Crippen LogP contribution in [0.3, 0.4) is 0 Å².